The molecule has 0 N–H and O–H groups in total. The van der Waals surface area contributed by atoms with Crippen LogP contribution in [0.15, 0.2) is 6.07 Å². The summed E-state index contributed by atoms with van der Waals surface area (Å²) in [4.78, 5) is 29.9. The predicted octanol–water partition coefficient (Wildman–Crippen LogP) is 3.07. The van der Waals surface area contributed by atoms with Crippen LogP contribution in [0.5, 0.6) is 5.88 Å². The van der Waals surface area contributed by atoms with Crippen LogP contribution in [-0.4, -0.2) is 36.6 Å². The second-order valence-electron chi connectivity index (χ2n) is 4.96. The predicted molar refractivity (Wildman–Crippen MR) is 78.3 cm³/mol. The molecule has 0 bridgehead atoms. The molecule has 1 aromatic rings. The van der Waals surface area contributed by atoms with Gasteiger partial charge in [-0.1, -0.05) is 11.6 Å². The standard InChI is InChI=1S/C14H17ClN2O4/c1-8(2)21-14(19)17-6-4-5-11(18)12-10(17)7-9(15)13(16-12)20-3/h7-8H,4-6H2,1-3H3. The molecule has 0 aliphatic carbocycles. The third-order valence-corrected chi connectivity index (χ3v) is 3.29. The molecule has 0 aromatic carbocycles. The lowest BCUT2D eigenvalue weighted by Crippen LogP contribution is -2.34. The highest BCUT2D eigenvalue weighted by atomic mass is 35.5. The van der Waals surface area contributed by atoms with Crippen molar-refractivity contribution in [3.63, 3.8) is 0 Å². The first kappa shape index (κ1) is 15.6. The Bertz CT molecular complexity index is 574. The number of carbonyl (C=O) groups is 2. The number of amides is 1. The summed E-state index contributed by atoms with van der Waals surface area (Å²) in [6.45, 7) is 3.91. The fraction of sp³-hybridized carbons (Fsp3) is 0.500. The van der Waals surface area contributed by atoms with E-state index in [1.165, 1.54) is 18.1 Å². The van der Waals surface area contributed by atoms with Gasteiger partial charge in [-0.3, -0.25) is 9.69 Å². The Morgan fingerprint density at radius 2 is 2.19 bits per heavy atom. The van der Waals surface area contributed by atoms with Gasteiger partial charge in [-0.15, -0.1) is 0 Å². The first-order chi connectivity index (χ1) is 9.93. The molecule has 0 radical (unpaired) electrons. The van der Waals surface area contributed by atoms with E-state index in [2.05, 4.69) is 4.98 Å². The number of aromatic nitrogens is 1. The minimum absolute atomic E-state index is 0.139. The second-order valence-corrected chi connectivity index (χ2v) is 5.37. The van der Waals surface area contributed by atoms with Crippen molar-refractivity contribution in [2.75, 3.05) is 18.6 Å². The van der Waals surface area contributed by atoms with Crippen LogP contribution < -0.4 is 9.64 Å². The second kappa shape index (κ2) is 6.30. The number of ether oxygens (including phenoxy) is 2. The number of methoxy groups -OCH3 is 1. The SMILES string of the molecule is COc1nc2c(cc1Cl)N(C(=O)OC(C)C)CCCC2=O. The van der Waals surface area contributed by atoms with Gasteiger partial charge in [0.15, 0.2) is 5.78 Å². The summed E-state index contributed by atoms with van der Waals surface area (Å²) in [5.41, 5.74) is 0.559. The monoisotopic (exact) mass is 312 g/mol. The molecule has 0 saturated heterocycles. The van der Waals surface area contributed by atoms with Gasteiger partial charge in [0, 0.05) is 13.0 Å². The van der Waals surface area contributed by atoms with Crippen LogP contribution in [0, 0.1) is 0 Å². The molecule has 2 heterocycles. The average Bonchev–Trinajstić information content (AvgIpc) is 2.56. The molecule has 1 aliphatic heterocycles. The molecule has 0 unspecified atom stereocenters. The lowest BCUT2D eigenvalue weighted by atomic mass is 10.1. The van der Waals surface area contributed by atoms with Crippen molar-refractivity contribution in [2.45, 2.75) is 32.8 Å². The number of Topliss-reactive ketones (excluding diaryl/α,β-unsaturated/α-hetero) is 1. The van der Waals surface area contributed by atoms with E-state index < -0.39 is 6.09 Å². The number of hydrogen-bond acceptors (Lipinski definition) is 5. The Hall–Kier alpha value is -1.82. The van der Waals surface area contributed by atoms with Crippen LogP contribution in [0.25, 0.3) is 0 Å². The fourth-order valence-electron chi connectivity index (χ4n) is 2.11. The van der Waals surface area contributed by atoms with Crippen molar-refractivity contribution in [1.82, 2.24) is 4.98 Å². The Morgan fingerprint density at radius 1 is 1.48 bits per heavy atom. The van der Waals surface area contributed by atoms with Gasteiger partial charge in [0.25, 0.3) is 0 Å². The minimum Gasteiger partial charge on any atom is -0.480 e. The molecule has 114 valence electrons. The zero-order valence-corrected chi connectivity index (χ0v) is 12.9. The van der Waals surface area contributed by atoms with Crippen molar-refractivity contribution < 1.29 is 19.1 Å². The van der Waals surface area contributed by atoms with Gasteiger partial charge in [0.05, 0.1) is 18.9 Å². The summed E-state index contributed by atoms with van der Waals surface area (Å²) in [6.07, 6.45) is 0.101. The number of hydrogen-bond donors (Lipinski definition) is 0. The van der Waals surface area contributed by atoms with Crippen LogP contribution in [0.4, 0.5) is 10.5 Å². The fourth-order valence-corrected chi connectivity index (χ4v) is 2.33. The Labute approximate surface area is 128 Å². The third-order valence-electron chi connectivity index (χ3n) is 3.01. The Kier molecular flexibility index (Phi) is 4.67. The quantitative estimate of drug-likeness (QED) is 0.839. The summed E-state index contributed by atoms with van der Waals surface area (Å²) in [5, 5.41) is 0.244. The zero-order chi connectivity index (χ0) is 15.6. The first-order valence-electron chi connectivity index (χ1n) is 6.70. The van der Waals surface area contributed by atoms with E-state index in [4.69, 9.17) is 21.1 Å². The number of anilines is 1. The first-order valence-corrected chi connectivity index (χ1v) is 7.07. The van der Waals surface area contributed by atoms with Gasteiger partial charge in [0.1, 0.15) is 10.7 Å². The number of halogens is 1. The van der Waals surface area contributed by atoms with Gasteiger partial charge >= 0.3 is 6.09 Å². The molecule has 0 saturated carbocycles. The number of rotatable bonds is 2. The molecule has 7 heteroatoms. The zero-order valence-electron chi connectivity index (χ0n) is 12.2. The van der Waals surface area contributed by atoms with Gasteiger partial charge in [-0.25, -0.2) is 9.78 Å². The molecule has 0 spiro atoms. The van der Waals surface area contributed by atoms with E-state index in [9.17, 15) is 9.59 Å². The Balaban J connectivity index is 2.48. The summed E-state index contributed by atoms with van der Waals surface area (Å²) in [7, 11) is 1.42. The van der Waals surface area contributed by atoms with Gasteiger partial charge in [0.2, 0.25) is 5.88 Å². The topological polar surface area (TPSA) is 68.7 Å². The number of carbonyl (C=O) groups excluding carboxylic acids is 2. The van der Waals surface area contributed by atoms with E-state index in [0.717, 1.165) is 0 Å². The molecule has 0 fully saturated rings. The highest BCUT2D eigenvalue weighted by Crippen LogP contribution is 2.33. The maximum Gasteiger partial charge on any atom is 0.414 e. The number of ketones is 1. The van der Waals surface area contributed by atoms with E-state index in [1.807, 2.05) is 0 Å². The average molecular weight is 313 g/mol. The molecular weight excluding hydrogens is 296 g/mol. The highest BCUT2D eigenvalue weighted by Gasteiger charge is 2.29. The van der Waals surface area contributed by atoms with Crippen molar-refractivity contribution in [1.29, 1.82) is 0 Å². The van der Waals surface area contributed by atoms with Crippen LogP contribution in [0.2, 0.25) is 5.02 Å². The maximum absolute atomic E-state index is 12.2. The molecule has 1 amide bonds. The summed E-state index contributed by atoms with van der Waals surface area (Å²) in [5.74, 6) is 0.0302. The molecule has 1 aromatic heterocycles. The van der Waals surface area contributed by atoms with E-state index in [-0.39, 0.29) is 28.5 Å². The lowest BCUT2D eigenvalue weighted by molar-refractivity contribution is 0.0977. The summed E-state index contributed by atoms with van der Waals surface area (Å²) >= 11 is 6.06. The van der Waals surface area contributed by atoms with Crippen LogP contribution in [0.1, 0.15) is 37.2 Å². The van der Waals surface area contributed by atoms with Crippen LogP contribution >= 0.6 is 11.6 Å². The summed E-state index contributed by atoms with van der Waals surface area (Å²) < 4.78 is 10.2. The van der Waals surface area contributed by atoms with Gasteiger partial charge in [-0.2, -0.15) is 0 Å². The van der Waals surface area contributed by atoms with Gasteiger partial charge < -0.3 is 9.47 Å². The van der Waals surface area contributed by atoms with Crippen molar-refractivity contribution in [2.24, 2.45) is 0 Å². The van der Waals surface area contributed by atoms with E-state index in [0.29, 0.717) is 25.1 Å². The molecular formula is C14H17ClN2O4. The third kappa shape index (κ3) is 3.26. The lowest BCUT2D eigenvalue weighted by Gasteiger charge is -2.23. The normalized spacial score (nSPS) is 14.7. The highest BCUT2D eigenvalue weighted by molar-refractivity contribution is 6.32. The van der Waals surface area contributed by atoms with Crippen LogP contribution in [0.3, 0.4) is 0 Å². The van der Waals surface area contributed by atoms with Crippen molar-refractivity contribution in [3.05, 3.63) is 16.8 Å². The smallest absolute Gasteiger partial charge is 0.414 e. The molecule has 0 atom stereocenters. The van der Waals surface area contributed by atoms with E-state index >= 15 is 0 Å². The molecule has 6 nitrogen and oxygen atoms in total. The summed E-state index contributed by atoms with van der Waals surface area (Å²) in [6, 6.07) is 1.52. The molecule has 21 heavy (non-hydrogen) atoms. The Morgan fingerprint density at radius 3 is 2.81 bits per heavy atom. The largest absolute Gasteiger partial charge is 0.480 e. The molecule has 2 rings (SSSR count). The number of pyridine rings is 1. The molecule has 1 aliphatic rings. The van der Waals surface area contributed by atoms with Crippen molar-refractivity contribution in [3.8, 4) is 5.88 Å². The number of nitrogens with zero attached hydrogens (tertiary/aromatic N) is 2. The maximum atomic E-state index is 12.2. The number of fused-ring (bicyclic) bond motifs is 1. The minimum atomic E-state index is -0.510. The van der Waals surface area contributed by atoms with Gasteiger partial charge in [-0.05, 0) is 26.3 Å². The van der Waals surface area contributed by atoms with E-state index in [1.54, 1.807) is 13.8 Å². The van der Waals surface area contributed by atoms with Crippen molar-refractivity contribution >= 4 is 29.2 Å². The van der Waals surface area contributed by atoms with Crippen LogP contribution in [-0.2, 0) is 4.74 Å².